The number of esters is 1. The number of carbonyl (C=O) groups excluding carboxylic acids is 2. The Hall–Kier alpha value is -2.11. The van der Waals surface area contributed by atoms with E-state index in [1.807, 2.05) is 30.3 Å². The standard InChI is InChI=1S/C15H18FNO4/c1-20-13(18)15(16)8-5-9-17(11-15)14(19)21-10-12-6-3-2-4-7-12/h2-4,6-7H,5,8-11H2,1H3/t15-/m1/s1. The first-order valence-electron chi connectivity index (χ1n) is 6.78. The fourth-order valence-electron chi connectivity index (χ4n) is 2.33. The van der Waals surface area contributed by atoms with E-state index in [0.29, 0.717) is 13.0 Å². The van der Waals surface area contributed by atoms with E-state index >= 15 is 0 Å². The van der Waals surface area contributed by atoms with E-state index in [1.165, 1.54) is 4.90 Å². The molecule has 1 fully saturated rings. The van der Waals surface area contributed by atoms with Crippen LogP contribution in [0.2, 0.25) is 0 Å². The number of nitrogens with zero attached hydrogens (tertiary/aromatic N) is 1. The molecule has 0 aliphatic carbocycles. The minimum atomic E-state index is -2.14. The van der Waals surface area contributed by atoms with Crippen LogP contribution in [0.15, 0.2) is 30.3 Å². The number of hydrogen-bond donors (Lipinski definition) is 0. The van der Waals surface area contributed by atoms with Crippen LogP contribution in [-0.2, 0) is 20.9 Å². The van der Waals surface area contributed by atoms with Gasteiger partial charge < -0.3 is 14.4 Å². The van der Waals surface area contributed by atoms with E-state index in [2.05, 4.69) is 4.74 Å². The van der Waals surface area contributed by atoms with Crippen molar-refractivity contribution in [3.05, 3.63) is 35.9 Å². The highest BCUT2D eigenvalue weighted by Gasteiger charge is 2.45. The molecule has 2 rings (SSSR count). The van der Waals surface area contributed by atoms with E-state index in [9.17, 15) is 14.0 Å². The molecule has 0 unspecified atom stereocenters. The lowest BCUT2D eigenvalue weighted by molar-refractivity contribution is -0.158. The number of likely N-dealkylation sites (tertiary alicyclic amines) is 1. The molecular formula is C15H18FNO4. The van der Waals surface area contributed by atoms with Gasteiger partial charge in [0.1, 0.15) is 6.61 Å². The summed E-state index contributed by atoms with van der Waals surface area (Å²) in [6.45, 7) is 0.164. The van der Waals surface area contributed by atoms with Crippen LogP contribution in [0.5, 0.6) is 0 Å². The minimum Gasteiger partial charge on any atom is -0.467 e. The lowest BCUT2D eigenvalue weighted by atomic mass is 9.95. The minimum absolute atomic E-state index is 0.0577. The van der Waals surface area contributed by atoms with E-state index < -0.39 is 17.7 Å². The molecule has 114 valence electrons. The first-order valence-corrected chi connectivity index (χ1v) is 6.78. The van der Waals surface area contributed by atoms with Crippen molar-refractivity contribution in [1.29, 1.82) is 0 Å². The highest BCUT2D eigenvalue weighted by atomic mass is 19.1. The molecule has 0 spiro atoms. The van der Waals surface area contributed by atoms with Crippen LogP contribution in [0.3, 0.4) is 0 Å². The van der Waals surface area contributed by atoms with Gasteiger partial charge in [0, 0.05) is 6.54 Å². The number of amides is 1. The summed E-state index contributed by atoms with van der Waals surface area (Å²) in [5, 5.41) is 0. The summed E-state index contributed by atoms with van der Waals surface area (Å²) >= 11 is 0. The molecule has 6 heteroatoms. The maximum absolute atomic E-state index is 14.4. The van der Waals surface area contributed by atoms with Crippen molar-refractivity contribution in [2.24, 2.45) is 0 Å². The van der Waals surface area contributed by atoms with Crippen LogP contribution < -0.4 is 0 Å². The second kappa shape index (κ2) is 6.56. The van der Waals surface area contributed by atoms with Gasteiger partial charge in [0.2, 0.25) is 5.67 Å². The van der Waals surface area contributed by atoms with Gasteiger partial charge in [0.15, 0.2) is 0 Å². The van der Waals surface area contributed by atoms with Gasteiger partial charge in [-0.3, -0.25) is 0 Å². The van der Waals surface area contributed by atoms with Gasteiger partial charge in [-0.1, -0.05) is 30.3 Å². The molecule has 0 aromatic heterocycles. The van der Waals surface area contributed by atoms with E-state index in [-0.39, 0.29) is 19.6 Å². The number of alkyl halides is 1. The van der Waals surface area contributed by atoms with Gasteiger partial charge in [0.25, 0.3) is 0 Å². The normalized spacial score (nSPS) is 21.7. The molecule has 0 bridgehead atoms. The molecule has 5 nitrogen and oxygen atoms in total. The predicted molar refractivity (Wildman–Crippen MR) is 73.3 cm³/mol. The Morgan fingerprint density at radius 1 is 1.33 bits per heavy atom. The molecule has 1 aliphatic rings. The molecule has 1 aromatic carbocycles. The molecule has 1 atom stereocenters. The Labute approximate surface area is 122 Å². The fraction of sp³-hybridized carbons (Fsp3) is 0.467. The van der Waals surface area contributed by atoms with Gasteiger partial charge in [-0.15, -0.1) is 0 Å². The summed E-state index contributed by atoms with van der Waals surface area (Å²) in [4.78, 5) is 24.6. The van der Waals surface area contributed by atoms with Crippen LogP contribution in [-0.4, -0.2) is 42.8 Å². The predicted octanol–water partition coefficient (Wildman–Crippen LogP) is 2.30. The topological polar surface area (TPSA) is 55.8 Å². The Balaban J connectivity index is 1.92. The molecular weight excluding hydrogens is 277 g/mol. The molecule has 21 heavy (non-hydrogen) atoms. The Bertz CT molecular complexity index is 508. The lowest BCUT2D eigenvalue weighted by Gasteiger charge is -2.34. The van der Waals surface area contributed by atoms with Crippen molar-refractivity contribution < 1.29 is 23.5 Å². The largest absolute Gasteiger partial charge is 0.467 e. The highest BCUT2D eigenvalue weighted by molar-refractivity contribution is 5.81. The number of benzene rings is 1. The zero-order valence-corrected chi connectivity index (χ0v) is 11.9. The highest BCUT2D eigenvalue weighted by Crippen LogP contribution is 2.27. The Kier molecular flexibility index (Phi) is 4.77. The summed E-state index contributed by atoms with van der Waals surface area (Å²) in [6.07, 6.45) is -0.168. The van der Waals surface area contributed by atoms with Crippen LogP contribution in [0, 0.1) is 0 Å². The summed E-state index contributed by atoms with van der Waals surface area (Å²) in [5.41, 5.74) is -1.29. The van der Waals surface area contributed by atoms with Crippen LogP contribution in [0.1, 0.15) is 18.4 Å². The number of halogens is 1. The van der Waals surface area contributed by atoms with Gasteiger partial charge >= 0.3 is 12.1 Å². The number of hydrogen-bond acceptors (Lipinski definition) is 4. The zero-order chi connectivity index (χ0) is 15.3. The van der Waals surface area contributed by atoms with Crippen LogP contribution in [0.25, 0.3) is 0 Å². The second-order valence-electron chi connectivity index (χ2n) is 5.02. The van der Waals surface area contributed by atoms with E-state index in [4.69, 9.17) is 4.74 Å². The Morgan fingerprint density at radius 3 is 2.71 bits per heavy atom. The molecule has 0 radical (unpaired) electrons. The summed E-state index contributed by atoms with van der Waals surface area (Å²) < 4.78 is 24.0. The summed E-state index contributed by atoms with van der Waals surface area (Å²) in [5.74, 6) is -0.942. The lowest BCUT2D eigenvalue weighted by Crippen LogP contribution is -2.52. The Morgan fingerprint density at radius 2 is 2.05 bits per heavy atom. The van der Waals surface area contributed by atoms with Crippen LogP contribution in [0.4, 0.5) is 9.18 Å². The van der Waals surface area contributed by atoms with Crippen molar-refractivity contribution in [1.82, 2.24) is 4.90 Å². The average Bonchev–Trinajstić information content (AvgIpc) is 2.52. The van der Waals surface area contributed by atoms with Crippen LogP contribution >= 0.6 is 0 Å². The monoisotopic (exact) mass is 295 g/mol. The van der Waals surface area contributed by atoms with Crippen molar-refractivity contribution >= 4 is 12.1 Å². The van der Waals surface area contributed by atoms with Crippen molar-refractivity contribution in [3.63, 3.8) is 0 Å². The molecule has 0 N–H and O–H groups in total. The second-order valence-corrected chi connectivity index (χ2v) is 5.02. The third-order valence-corrected chi connectivity index (χ3v) is 3.46. The number of ether oxygens (including phenoxy) is 2. The zero-order valence-electron chi connectivity index (χ0n) is 11.9. The average molecular weight is 295 g/mol. The molecule has 0 saturated carbocycles. The number of rotatable bonds is 3. The smallest absolute Gasteiger partial charge is 0.410 e. The van der Waals surface area contributed by atoms with Gasteiger partial charge in [-0.05, 0) is 18.4 Å². The van der Waals surface area contributed by atoms with Crippen molar-refractivity contribution in [3.8, 4) is 0 Å². The first-order chi connectivity index (χ1) is 10.0. The summed E-state index contributed by atoms with van der Waals surface area (Å²) in [6, 6.07) is 9.21. The molecule has 1 heterocycles. The SMILES string of the molecule is COC(=O)[C@@]1(F)CCCN(C(=O)OCc2ccccc2)C1. The molecule has 1 saturated heterocycles. The summed E-state index contributed by atoms with van der Waals surface area (Å²) in [7, 11) is 1.14. The number of piperidine rings is 1. The fourth-order valence-corrected chi connectivity index (χ4v) is 2.33. The third-order valence-electron chi connectivity index (χ3n) is 3.46. The number of carbonyl (C=O) groups is 2. The van der Waals surface area contributed by atoms with E-state index in [1.54, 1.807) is 0 Å². The van der Waals surface area contributed by atoms with Crippen molar-refractivity contribution in [2.45, 2.75) is 25.1 Å². The molecule has 1 aliphatic heterocycles. The third kappa shape index (κ3) is 3.71. The van der Waals surface area contributed by atoms with Crippen molar-refractivity contribution in [2.75, 3.05) is 20.2 Å². The van der Waals surface area contributed by atoms with Gasteiger partial charge in [0.05, 0.1) is 13.7 Å². The molecule has 1 amide bonds. The van der Waals surface area contributed by atoms with Gasteiger partial charge in [-0.2, -0.15) is 0 Å². The molecule has 1 aromatic rings. The quantitative estimate of drug-likeness (QED) is 0.803. The van der Waals surface area contributed by atoms with Gasteiger partial charge in [-0.25, -0.2) is 14.0 Å². The number of methoxy groups -OCH3 is 1. The first kappa shape index (κ1) is 15.3. The maximum Gasteiger partial charge on any atom is 0.410 e. The maximum atomic E-state index is 14.4. The van der Waals surface area contributed by atoms with E-state index in [0.717, 1.165) is 12.7 Å².